The van der Waals surface area contributed by atoms with Crippen LogP contribution in [0.3, 0.4) is 0 Å². The number of furan rings is 1. The van der Waals surface area contributed by atoms with Crippen LogP contribution >= 0.6 is 0 Å². The van der Waals surface area contributed by atoms with E-state index < -0.39 is 6.61 Å². The third-order valence-electron chi connectivity index (χ3n) is 3.14. The SMILES string of the molecule is Cc1ccoc1CNC(C)c1ccccc1OC(F)F. The van der Waals surface area contributed by atoms with Crippen LogP contribution in [0.5, 0.6) is 5.75 Å². The molecule has 0 amide bonds. The fourth-order valence-electron chi connectivity index (χ4n) is 1.98. The summed E-state index contributed by atoms with van der Waals surface area (Å²) in [6.45, 7) is 1.56. The van der Waals surface area contributed by atoms with Crippen molar-refractivity contribution in [3.63, 3.8) is 0 Å². The standard InChI is InChI=1S/C15H17F2NO2/c1-10-7-8-19-14(10)9-18-11(2)12-5-3-4-6-13(12)20-15(16)17/h3-8,11,15,18H,9H2,1-2H3. The van der Waals surface area contributed by atoms with Gasteiger partial charge in [-0.15, -0.1) is 0 Å². The molecule has 1 N–H and O–H groups in total. The predicted octanol–water partition coefficient (Wildman–Crippen LogP) is 4.04. The summed E-state index contributed by atoms with van der Waals surface area (Å²) >= 11 is 0. The largest absolute Gasteiger partial charge is 0.468 e. The van der Waals surface area contributed by atoms with Crippen molar-refractivity contribution in [2.24, 2.45) is 0 Å². The summed E-state index contributed by atoms with van der Waals surface area (Å²) in [6, 6.07) is 8.53. The molecular weight excluding hydrogens is 264 g/mol. The maximum Gasteiger partial charge on any atom is 0.387 e. The number of ether oxygens (including phenoxy) is 1. The quantitative estimate of drug-likeness (QED) is 0.867. The smallest absolute Gasteiger partial charge is 0.387 e. The van der Waals surface area contributed by atoms with Crippen molar-refractivity contribution in [2.45, 2.75) is 33.0 Å². The lowest BCUT2D eigenvalue weighted by molar-refractivity contribution is -0.0506. The molecule has 0 bridgehead atoms. The first kappa shape index (κ1) is 14.5. The summed E-state index contributed by atoms with van der Waals surface area (Å²) in [5, 5.41) is 3.24. The van der Waals surface area contributed by atoms with Gasteiger partial charge in [-0.3, -0.25) is 0 Å². The molecule has 20 heavy (non-hydrogen) atoms. The van der Waals surface area contributed by atoms with E-state index in [-0.39, 0.29) is 11.8 Å². The number of nitrogens with one attached hydrogen (secondary N) is 1. The molecule has 0 fully saturated rings. The topological polar surface area (TPSA) is 34.4 Å². The van der Waals surface area contributed by atoms with E-state index in [0.29, 0.717) is 12.1 Å². The predicted molar refractivity (Wildman–Crippen MR) is 71.8 cm³/mol. The third kappa shape index (κ3) is 3.57. The summed E-state index contributed by atoms with van der Waals surface area (Å²) < 4.78 is 34.6. The Morgan fingerprint density at radius 3 is 2.65 bits per heavy atom. The number of alkyl halides is 2. The number of hydrogen-bond acceptors (Lipinski definition) is 3. The zero-order valence-corrected chi connectivity index (χ0v) is 11.4. The first-order chi connectivity index (χ1) is 9.58. The van der Waals surface area contributed by atoms with E-state index in [1.807, 2.05) is 19.9 Å². The highest BCUT2D eigenvalue weighted by molar-refractivity contribution is 5.35. The Morgan fingerprint density at radius 1 is 1.25 bits per heavy atom. The molecular formula is C15H17F2NO2. The lowest BCUT2D eigenvalue weighted by Crippen LogP contribution is -2.19. The normalized spacial score (nSPS) is 12.7. The number of halogens is 2. The molecule has 0 saturated carbocycles. The van der Waals surface area contributed by atoms with Crippen LogP contribution in [0.2, 0.25) is 0 Å². The van der Waals surface area contributed by atoms with E-state index >= 15 is 0 Å². The number of hydrogen-bond donors (Lipinski definition) is 1. The average molecular weight is 281 g/mol. The van der Waals surface area contributed by atoms with Gasteiger partial charge < -0.3 is 14.5 Å². The second-order valence-electron chi connectivity index (χ2n) is 4.55. The van der Waals surface area contributed by atoms with E-state index in [0.717, 1.165) is 11.3 Å². The Bertz CT molecular complexity index is 554. The van der Waals surface area contributed by atoms with Crippen molar-refractivity contribution in [2.75, 3.05) is 0 Å². The molecule has 5 heteroatoms. The van der Waals surface area contributed by atoms with Gasteiger partial charge in [-0.25, -0.2) is 0 Å². The lowest BCUT2D eigenvalue weighted by Gasteiger charge is -2.17. The van der Waals surface area contributed by atoms with Gasteiger partial charge in [-0.1, -0.05) is 18.2 Å². The van der Waals surface area contributed by atoms with Crippen molar-refractivity contribution < 1.29 is 17.9 Å². The Labute approximate surface area is 116 Å². The molecule has 1 unspecified atom stereocenters. The van der Waals surface area contributed by atoms with Gasteiger partial charge in [0.25, 0.3) is 0 Å². The maximum absolute atomic E-state index is 12.4. The number of para-hydroxylation sites is 1. The molecule has 108 valence electrons. The van der Waals surface area contributed by atoms with Gasteiger partial charge in [0, 0.05) is 11.6 Å². The monoisotopic (exact) mass is 281 g/mol. The van der Waals surface area contributed by atoms with Crippen LogP contribution in [0.15, 0.2) is 41.0 Å². The Morgan fingerprint density at radius 2 is 2.00 bits per heavy atom. The zero-order chi connectivity index (χ0) is 14.5. The van der Waals surface area contributed by atoms with Crippen LogP contribution in [0.25, 0.3) is 0 Å². The fraction of sp³-hybridized carbons (Fsp3) is 0.333. The van der Waals surface area contributed by atoms with Gasteiger partial charge >= 0.3 is 6.61 Å². The summed E-state index contributed by atoms with van der Waals surface area (Å²) in [5.74, 6) is 1.03. The molecule has 0 saturated heterocycles. The highest BCUT2D eigenvalue weighted by Crippen LogP contribution is 2.26. The van der Waals surface area contributed by atoms with E-state index in [4.69, 9.17) is 4.42 Å². The van der Waals surface area contributed by atoms with Gasteiger partial charge in [0.15, 0.2) is 0 Å². The minimum atomic E-state index is -2.82. The molecule has 0 spiro atoms. The molecule has 2 aromatic rings. The van der Waals surface area contributed by atoms with Crippen LogP contribution in [0.4, 0.5) is 8.78 Å². The molecule has 1 aromatic carbocycles. The minimum Gasteiger partial charge on any atom is -0.468 e. The van der Waals surface area contributed by atoms with Gasteiger partial charge in [0.1, 0.15) is 11.5 Å². The van der Waals surface area contributed by atoms with Gasteiger partial charge in [-0.2, -0.15) is 8.78 Å². The Hall–Kier alpha value is -1.88. The van der Waals surface area contributed by atoms with Gasteiger partial charge in [0.05, 0.1) is 12.8 Å². The first-order valence-electron chi connectivity index (χ1n) is 6.38. The summed E-state index contributed by atoms with van der Waals surface area (Å²) in [5.41, 5.74) is 1.75. The summed E-state index contributed by atoms with van der Waals surface area (Å²) in [7, 11) is 0. The van der Waals surface area contributed by atoms with Crippen LogP contribution in [-0.4, -0.2) is 6.61 Å². The highest BCUT2D eigenvalue weighted by Gasteiger charge is 2.14. The van der Waals surface area contributed by atoms with Crippen LogP contribution < -0.4 is 10.1 Å². The fourth-order valence-corrected chi connectivity index (χ4v) is 1.98. The molecule has 0 aliphatic rings. The van der Waals surface area contributed by atoms with Crippen molar-refractivity contribution in [1.82, 2.24) is 5.32 Å². The van der Waals surface area contributed by atoms with E-state index in [9.17, 15) is 8.78 Å². The molecule has 3 nitrogen and oxygen atoms in total. The summed E-state index contributed by atoms with van der Waals surface area (Å²) in [6.07, 6.45) is 1.63. The average Bonchev–Trinajstić information content (AvgIpc) is 2.81. The third-order valence-corrected chi connectivity index (χ3v) is 3.14. The van der Waals surface area contributed by atoms with Crippen LogP contribution in [-0.2, 0) is 6.54 Å². The molecule has 1 atom stereocenters. The highest BCUT2D eigenvalue weighted by atomic mass is 19.3. The number of benzene rings is 1. The first-order valence-corrected chi connectivity index (χ1v) is 6.38. The molecule has 0 aliphatic heterocycles. The molecule has 2 rings (SSSR count). The van der Waals surface area contributed by atoms with Crippen LogP contribution in [0.1, 0.15) is 29.9 Å². The minimum absolute atomic E-state index is 0.130. The molecule has 1 heterocycles. The lowest BCUT2D eigenvalue weighted by atomic mass is 10.1. The van der Waals surface area contributed by atoms with Gasteiger partial charge in [0.2, 0.25) is 0 Å². The van der Waals surface area contributed by atoms with Gasteiger partial charge in [-0.05, 0) is 31.5 Å². The van der Waals surface area contributed by atoms with Crippen LogP contribution in [0, 0.1) is 6.92 Å². The van der Waals surface area contributed by atoms with E-state index in [2.05, 4.69) is 10.1 Å². The van der Waals surface area contributed by atoms with Crippen molar-refractivity contribution in [3.8, 4) is 5.75 Å². The molecule has 0 aliphatic carbocycles. The zero-order valence-electron chi connectivity index (χ0n) is 11.4. The Kier molecular flexibility index (Phi) is 4.74. The molecule has 1 aromatic heterocycles. The van der Waals surface area contributed by atoms with Crippen molar-refractivity contribution >= 4 is 0 Å². The van der Waals surface area contributed by atoms with Crippen molar-refractivity contribution in [3.05, 3.63) is 53.5 Å². The Balaban J connectivity index is 2.05. The van der Waals surface area contributed by atoms with E-state index in [1.165, 1.54) is 6.07 Å². The summed E-state index contributed by atoms with van der Waals surface area (Å²) in [4.78, 5) is 0. The second kappa shape index (κ2) is 6.52. The molecule has 0 radical (unpaired) electrons. The number of aryl methyl sites for hydroxylation is 1. The maximum atomic E-state index is 12.4. The second-order valence-corrected chi connectivity index (χ2v) is 4.55. The van der Waals surface area contributed by atoms with Crippen molar-refractivity contribution in [1.29, 1.82) is 0 Å². The van der Waals surface area contributed by atoms with E-state index in [1.54, 1.807) is 24.5 Å². The number of rotatable bonds is 6.